The number of hydrogen-bond acceptors (Lipinski definition) is 6. The Kier molecular flexibility index (Phi) is 13.0. The number of fused-ring (bicyclic) bond motifs is 3. The fraction of sp³-hybridized carbons (Fsp3) is 0.324. The summed E-state index contributed by atoms with van der Waals surface area (Å²) < 4.78 is 40.9. The Labute approximate surface area is 277 Å². The number of nitrogens with zero attached hydrogens (tertiary/aromatic N) is 2. The molecule has 2 heterocycles. The van der Waals surface area contributed by atoms with E-state index in [-0.39, 0.29) is 60.1 Å². The maximum Gasteiger partial charge on any atom is 0.446 e. The molecule has 0 aliphatic rings. The van der Waals surface area contributed by atoms with Crippen LogP contribution in [0.2, 0.25) is 0 Å². The maximum absolute atomic E-state index is 13.3. The van der Waals surface area contributed by atoms with Gasteiger partial charge in [0.15, 0.2) is 5.78 Å². The number of allylic oxidation sites excluding steroid dienone is 2. The minimum Gasteiger partial charge on any atom is -0.512 e. The van der Waals surface area contributed by atoms with Crippen molar-refractivity contribution in [3.05, 3.63) is 78.8 Å². The standard InChI is InChI=1S/C21H10F3N2S2.C13H24O2.Ir/c22-21(23,24)28-20-14-7-3-1-5-12(14)9-15-18(25-11-26-19(15)20)17-10-13-6-2-4-8-16(13)27-17;1-5-10(6-2)12(14)9-13(15)11(7-3)8-4;/h1-9,11H;9-11,14H,5-8H2,1-4H3;/q-1;;/b;12-9-;. The number of benzene rings is 3. The van der Waals surface area contributed by atoms with Gasteiger partial charge in [-0.15, -0.1) is 23.6 Å². The third kappa shape index (κ3) is 8.47. The van der Waals surface area contributed by atoms with E-state index in [1.165, 1.54) is 23.7 Å². The molecule has 10 heteroatoms. The van der Waals surface area contributed by atoms with E-state index < -0.39 is 5.51 Å². The summed E-state index contributed by atoms with van der Waals surface area (Å²) >= 11 is 1.39. The van der Waals surface area contributed by atoms with Crippen LogP contribution < -0.4 is 0 Å². The minimum absolute atomic E-state index is 0. The van der Waals surface area contributed by atoms with E-state index in [2.05, 4.69) is 16.0 Å². The molecule has 1 radical (unpaired) electrons. The van der Waals surface area contributed by atoms with Crippen molar-refractivity contribution in [2.75, 3.05) is 0 Å². The van der Waals surface area contributed by atoms with Gasteiger partial charge in [0.1, 0.15) is 6.33 Å². The summed E-state index contributed by atoms with van der Waals surface area (Å²) in [6, 6.07) is 20.0. The Morgan fingerprint density at radius 2 is 1.59 bits per heavy atom. The van der Waals surface area contributed by atoms with Crippen molar-refractivity contribution in [1.29, 1.82) is 0 Å². The number of carbonyl (C=O) groups excluding carboxylic acids is 1. The predicted octanol–water partition coefficient (Wildman–Crippen LogP) is 10.9. The molecule has 2 aromatic heterocycles. The first-order valence-corrected chi connectivity index (χ1v) is 16.0. The van der Waals surface area contributed by atoms with Gasteiger partial charge in [-0.25, -0.2) is 16.3 Å². The monoisotopic (exact) mass is 816 g/mol. The average molecular weight is 816 g/mol. The van der Waals surface area contributed by atoms with Crippen molar-refractivity contribution < 1.29 is 43.2 Å². The minimum atomic E-state index is -4.41. The number of alkyl halides is 3. The van der Waals surface area contributed by atoms with Gasteiger partial charge in [-0.3, -0.25) is 9.78 Å². The molecule has 3 aromatic carbocycles. The number of aromatic nitrogens is 2. The summed E-state index contributed by atoms with van der Waals surface area (Å²) in [5.41, 5.74) is -3.51. The van der Waals surface area contributed by atoms with Crippen molar-refractivity contribution in [1.82, 2.24) is 9.97 Å². The number of hydrogen-bond donors (Lipinski definition) is 1. The molecule has 44 heavy (non-hydrogen) atoms. The molecule has 0 bridgehead atoms. The molecule has 0 saturated heterocycles. The van der Waals surface area contributed by atoms with E-state index >= 15 is 0 Å². The molecule has 0 aliphatic heterocycles. The van der Waals surface area contributed by atoms with Gasteiger partial charge < -0.3 is 5.11 Å². The molecule has 235 valence electrons. The van der Waals surface area contributed by atoms with Crippen LogP contribution >= 0.6 is 23.1 Å². The second kappa shape index (κ2) is 16.0. The van der Waals surface area contributed by atoms with Gasteiger partial charge in [-0.1, -0.05) is 70.2 Å². The first kappa shape index (κ1) is 35.7. The molecule has 0 aliphatic carbocycles. The first-order valence-electron chi connectivity index (χ1n) is 14.4. The van der Waals surface area contributed by atoms with E-state index in [0.717, 1.165) is 46.0 Å². The number of ketones is 1. The van der Waals surface area contributed by atoms with Gasteiger partial charge in [-0.2, -0.15) is 13.2 Å². The first-order chi connectivity index (χ1) is 20.6. The average Bonchev–Trinajstić information content (AvgIpc) is 3.42. The van der Waals surface area contributed by atoms with Crippen molar-refractivity contribution in [3.63, 3.8) is 0 Å². The van der Waals surface area contributed by atoms with Gasteiger partial charge in [0.2, 0.25) is 0 Å². The van der Waals surface area contributed by atoms with Gasteiger partial charge in [0, 0.05) is 48.6 Å². The number of thiophene rings is 1. The normalized spacial score (nSPS) is 12.1. The molecule has 0 fully saturated rings. The zero-order chi connectivity index (χ0) is 31.1. The van der Waals surface area contributed by atoms with Gasteiger partial charge >= 0.3 is 5.51 Å². The molecule has 1 N–H and O–H groups in total. The summed E-state index contributed by atoms with van der Waals surface area (Å²) in [5, 5.41) is 12.6. The fourth-order valence-electron chi connectivity index (χ4n) is 5.03. The van der Waals surface area contributed by atoms with E-state index in [1.54, 1.807) is 18.2 Å². The molecular formula is C34H34F3IrN2O2S2-. The third-order valence-electron chi connectivity index (χ3n) is 7.47. The smallest absolute Gasteiger partial charge is 0.446 e. The zero-order valence-corrected chi connectivity index (χ0v) is 28.9. The van der Waals surface area contributed by atoms with Crippen molar-refractivity contribution in [2.24, 2.45) is 11.8 Å². The Morgan fingerprint density at radius 3 is 2.23 bits per heavy atom. The van der Waals surface area contributed by atoms with Gasteiger partial charge in [0.05, 0.1) is 11.3 Å². The maximum atomic E-state index is 13.3. The van der Waals surface area contributed by atoms with E-state index in [9.17, 15) is 23.1 Å². The number of aliphatic hydroxyl groups is 1. The predicted molar refractivity (Wildman–Crippen MR) is 172 cm³/mol. The molecule has 0 atom stereocenters. The molecular weight excluding hydrogens is 782 g/mol. The van der Waals surface area contributed by atoms with Crippen LogP contribution in [0, 0.1) is 17.9 Å². The number of aliphatic hydroxyl groups excluding tert-OH is 1. The second-order valence-corrected chi connectivity index (χ2v) is 12.3. The van der Waals surface area contributed by atoms with Crippen LogP contribution in [0.3, 0.4) is 0 Å². The quantitative estimate of drug-likeness (QED) is 0.0528. The largest absolute Gasteiger partial charge is 0.512 e. The van der Waals surface area contributed by atoms with Gasteiger partial charge in [-0.05, 0) is 63.2 Å². The number of thioether (sulfide) groups is 1. The number of halogens is 3. The second-order valence-electron chi connectivity index (χ2n) is 10.1. The van der Waals surface area contributed by atoms with Crippen LogP contribution in [-0.4, -0.2) is 26.4 Å². The summed E-state index contributed by atoms with van der Waals surface area (Å²) in [6.07, 6.45) is 6.23. The number of rotatable bonds is 9. The van der Waals surface area contributed by atoms with Crippen LogP contribution in [-0.2, 0) is 24.9 Å². The SMILES string of the molecule is CCC(CC)C(=O)/C=C(\O)C(CC)CC.FC(F)(F)Sc1c2ccccc2cc2c(-c3[c-]c4ccccc4s3)ncnc12.[Ir]. The molecule has 0 amide bonds. The molecule has 5 rings (SSSR count). The summed E-state index contributed by atoms with van der Waals surface area (Å²) in [5.74, 6) is 0.547. The third-order valence-corrected chi connectivity index (χ3v) is 9.39. The fourth-order valence-corrected chi connectivity index (χ4v) is 6.83. The van der Waals surface area contributed by atoms with Crippen LogP contribution in [0.1, 0.15) is 53.4 Å². The Balaban J connectivity index is 0.000000286. The summed E-state index contributed by atoms with van der Waals surface area (Å²) in [7, 11) is 0. The molecule has 0 spiro atoms. The van der Waals surface area contributed by atoms with Crippen LogP contribution in [0.25, 0.3) is 42.3 Å². The number of carbonyl (C=O) groups is 1. The van der Waals surface area contributed by atoms with Crippen molar-refractivity contribution >= 4 is 60.6 Å². The van der Waals surface area contributed by atoms with Crippen LogP contribution in [0.5, 0.6) is 0 Å². The summed E-state index contributed by atoms with van der Waals surface area (Å²) in [6.45, 7) is 8.07. The summed E-state index contributed by atoms with van der Waals surface area (Å²) in [4.78, 5) is 21.2. The molecule has 4 nitrogen and oxygen atoms in total. The zero-order valence-electron chi connectivity index (χ0n) is 24.9. The molecule has 0 unspecified atom stereocenters. The topological polar surface area (TPSA) is 63.1 Å². The van der Waals surface area contributed by atoms with Crippen LogP contribution in [0.4, 0.5) is 13.2 Å². The van der Waals surface area contributed by atoms with Crippen molar-refractivity contribution in [2.45, 2.75) is 63.8 Å². The van der Waals surface area contributed by atoms with Crippen LogP contribution in [0.15, 0.2) is 77.7 Å². The molecule has 5 aromatic rings. The Bertz CT molecular complexity index is 1710. The Morgan fingerprint density at radius 1 is 0.955 bits per heavy atom. The van der Waals surface area contributed by atoms with E-state index in [0.29, 0.717) is 22.0 Å². The van der Waals surface area contributed by atoms with Crippen molar-refractivity contribution in [3.8, 4) is 10.6 Å². The van der Waals surface area contributed by atoms with E-state index in [4.69, 9.17) is 0 Å². The molecule has 0 saturated carbocycles. The van der Waals surface area contributed by atoms with Gasteiger partial charge in [0.25, 0.3) is 0 Å². The Hall–Kier alpha value is -2.78. The van der Waals surface area contributed by atoms with E-state index in [1.807, 2.05) is 64.1 Å².